The zero-order valence-corrected chi connectivity index (χ0v) is 24.5. The highest BCUT2D eigenvalue weighted by Crippen LogP contribution is 2.47. The predicted octanol–water partition coefficient (Wildman–Crippen LogP) is 5.72. The first kappa shape index (κ1) is 28.6. The molecule has 1 aliphatic rings. The van der Waals surface area contributed by atoms with Crippen LogP contribution in [0.1, 0.15) is 31.3 Å². The molecule has 9 nitrogen and oxygen atoms in total. The molecule has 1 aliphatic heterocycles. The van der Waals surface area contributed by atoms with Gasteiger partial charge in [0.1, 0.15) is 35.4 Å². The number of fused-ring (bicyclic) bond motifs is 2. The first-order valence-electron chi connectivity index (χ1n) is 13.7. The number of aromatic nitrogens is 5. The third kappa shape index (κ3) is 5.28. The topological polar surface area (TPSA) is 106 Å². The van der Waals surface area contributed by atoms with Gasteiger partial charge in [-0.1, -0.05) is 6.58 Å². The van der Waals surface area contributed by atoms with Gasteiger partial charge in [-0.3, -0.25) is 9.48 Å². The van der Waals surface area contributed by atoms with E-state index in [4.69, 9.17) is 14.8 Å². The number of hydrogen-bond donors (Lipinski definition) is 1. The molecule has 1 aromatic carbocycles. The standard InChI is InChI=1S/C31H28F2N6O3S/c1-5-26(41)38-13-17(3)39-21(14-38)11-24(37-39)30-28(27-23(33)9-20(32)10-25(27)42-15-18(4)40)31-22(6-7-43-31)29(35-30)19-8-16(2)36-34-12-19/h5-12,17-18,40H,1,13-15H2,2-4H3/t17-,18+/m0/s1. The minimum Gasteiger partial charge on any atom is -0.490 e. The molecule has 0 radical (unpaired) electrons. The first-order valence-corrected chi connectivity index (χ1v) is 14.5. The van der Waals surface area contributed by atoms with Crippen LogP contribution in [-0.2, 0) is 11.3 Å². The van der Waals surface area contributed by atoms with Gasteiger partial charge in [-0.05, 0) is 50.4 Å². The molecule has 1 amide bonds. The molecule has 5 heterocycles. The number of halogens is 2. The second-order valence-electron chi connectivity index (χ2n) is 10.6. The van der Waals surface area contributed by atoms with E-state index in [9.17, 15) is 14.3 Å². The second-order valence-corrected chi connectivity index (χ2v) is 11.5. The molecule has 220 valence electrons. The highest BCUT2D eigenvalue weighted by atomic mass is 32.1. The van der Waals surface area contributed by atoms with E-state index in [0.29, 0.717) is 51.7 Å². The number of carbonyl (C=O) groups is 1. The lowest BCUT2D eigenvalue weighted by atomic mass is 9.96. The maximum atomic E-state index is 15.9. The van der Waals surface area contributed by atoms with Crippen LogP contribution in [0, 0.1) is 18.6 Å². The van der Waals surface area contributed by atoms with Crippen LogP contribution in [0.15, 0.2) is 54.6 Å². The van der Waals surface area contributed by atoms with Crippen molar-refractivity contribution in [3.63, 3.8) is 0 Å². The van der Waals surface area contributed by atoms with Gasteiger partial charge in [-0.15, -0.1) is 11.3 Å². The van der Waals surface area contributed by atoms with Gasteiger partial charge in [-0.25, -0.2) is 13.8 Å². The fraction of sp³-hybridized carbons (Fsp3) is 0.258. The van der Waals surface area contributed by atoms with Crippen LogP contribution in [0.25, 0.3) is 43.9 Å². The van der Waals surface area contributed by atoms with Gasteiger partial charge in [0.05, 0.1) is 47.5 Å². The molecule has 0 saturated carbocycles. The van der Waals surface area contributed by atoms with E-state index in [1.165, 1.54) is 24.3 Å². The van der Waals surface area contributed by atoms with Gasteiger partial charge in [-0.2, -0.15) is 15.3 Å². The number of nitrogens with zero attached hydrogens (tertiary/aromatic N) is 6. The Hall–Kier alpha value is -4.55. The lowest BCUT2D eigenvalue weighted by Crippen LogP contribution is -2.39. The van der Waals surface area contributed by atoms with E-state index in [2.05, 4.69) is 16.8 Å². The third-order valence-corrected chi connectivity index (χ3v) is 8.14. The Morgan fingerprint density at radius 1 is 1.26 bits per heavy atom. The van der Waals surface area contributed by atoms with E-state index < -0.39 is 17.7 Å². The summed E-state index contributed by atoms with van der Waals surface area (Å²) in [5, 5.41) is 25.6. The molecule has 43 heavy (non-hydrogen) atoms. The number of aliphatic hydroxyl groups excluding tert-OH is 1. The Labute approximate surface area is 250 Å². The number of hydrogen-bond acceptors (Lipinski definition) is 8. The van der Waals surface area contributed by atoms with Gasteiger partial charge in [0.25, 0.3) is 0 Å². The van der Waals surface area contributed by atoms with Crippen LogP contribution in [0.5, 0.6) is 5.75 Å². The predicted molar refractivity (Wildman–Crippen MR) is 159 cm³/mol. The van der Waals surface area contributed by atoms with Crippen molar-refractivity contribution in [2.24, 2.45) is 0 Å². The van der Waals surface area contributed by atoms with Crippen molar-refractivity contribution in [3.05, 3.63) is 77.6 Å². The fourth-order valence-electron chi connectivity index (χ4n) is 5.38. The van der Waals surface area contributed by atoms with E-state index in [-0.39, 0.29) is 29.9 Å². The van der Waals surface area contributed by atoms with Gasteiger partial charge in [0.15, 0.2) is 0 Å². The number of rotatable bonds is 7. The number of ether oxygens (including phenoxy) is 1. The van der Waals surface area contributed by atoms with Crippen molar-refractivity contribution < 1.29 is 23.4 Å². The van der Waals surface area contributed by atoms with Crippen molar-refractivity contribution >= 4 is 27.3 Å². The summed E-state index contributed by atoms with van der Waals surface area (Å²) in [5.74, 6) is -1.90. The Morgan fingerprint density at radius 3 is 2.81 bits per heavy atom. The molecule has 2 atom stereocenters. The number of pyridine rings is 1. The minimum absolute atomic E-state index is 0.00932. The SMILES string of the molecule is C=CC(=O)N1Cc2cc(-c3nc(-c4cnnc(C)c4)c4ccsc4c3-c3c(F)cc(F)cc3OC[C@@H](C)O)nn2[C@@H](C)C1. The molecule has 0 bridgehead atoms. The number of benzene rings is 1. The number of aryl methyl sites for hydroxylation is 1. The fourth-order valence-corrected chi connectivity index (χ4v) is 6.33. The highest BCUT2D eigenvalue weighted by Gasteiger charge is 2.30. The summed E-state index contributed by atoms with van der Waals surface area (Å²) >= 11 is 1.38. The number of aliphatic hydroxyl groups is 1. The van der Waals surface area contributed by atoms with Crippen LogP contribution in [0.2, 0.25) is 0 Å². The lowest BCUT2D eigenvalue weighted by Gasteiger charge is -2.31. The quantitative estimate of drug-likeness (QED) is 0.238. The van der Waals surface area contributed by atoms with Crippen molar-refractivity contribution in [1.82, 2.24) is 29.9 Å². The van der Waals surface area contributed by atoms with E-state index in [1.807, 2.05) is 42.1 Å². The Morgan fingerprint density at radius 2 is 2.07 bits per heavy atom. The Kier molecular flexibility index (Phi) is 7.49. The second kappa shape index (κ2) is 11.3. The normalized spacial score (nSPS) is 15.4. The molecule has 4 aromatic heterocycles. The molecular formula is C31H28F2N6O3S. The zero-order valence-electron chi connectivity index (χ0n) is 23.7. The van der Waals surface area contributed by atoms with E-state index in [0.717, 1.165) is 23.2 Å². The molecule has 0 fully saturated rings. The van der Waals surface area contributed by atoms with Gasteiger partial charge in [0.2, 0.25) is 5.91 Å². The number of amides is 1. The van der Waals surface area contributed by atoms with Crippen LogP contribution in [0.3, 0.4) is 0 Å². The van der Waals surface area contributed by atoms with Crippen LogP contribution in [-0.4, -0.2) is 60.1 Å². The summed E-state index contributed by atoms with van der Waals surface area (Å²) in [4.78, 5) is 19.2. The monoisotopic (exact) mass is 602 g/mol. The van der Waals surface area contributed by atoms with Gasteiger partial charge in [0, 0.05) is 39.9 Å². The van der Waals surface area contributed by atoms with Crippen molar-refractivity contribution in [2.45, 2.75) is 39.5 Å². The average Bonchev–Trinajstić information content (AvgIpc) is 3.63. The van der Waals surface area contributed by atoms with Gasteiger partial charge < -0.3 is 14.7 Å². The molecule has 6 rings (SSSR count). The molecule has 5 aromatic rings. The van der Waals surface area contributed by atoms with Crippen molar-refractivity contribution in [3.8, 4) is 39.5 Å². The summed E-state index contributed by atoms with van der Waals surface area (Å²) in [6, 6.07) is 7.35. The molecule has 1 N–H and O–H groups in total. The zero-order chi connectivity index (χ0) is 30.4. The van der Waals surface area contributed by atoms with Crippen LogP contribution >= 0.6 is 11.3 Å². The van der Waals surface area contributed by atoms with Crippen LogP contribution in [0.4, 0.5) is 8.78 Å². The Bertz CT molecular complexity index is 1890. The largest absolute Gasteiger partial charge is 0.490 e. The minimum atomic E-state index is -0.870. The maximum absolute atomic E-state index is 15.9. The molecular weight excluding hydrogens is 574 g/mol. The first-order chi connectivity index (χ1) is 20.6. The van der Waals surface area contributed by atoms with E-state index in [1.54, 1.807) is 11.1 Å². The summed E-state index contributed by atoms with van der Waals surface area (Å²) < 4.78 is 38.7. The third-order valence-electron chi connectivity index (χ3n) is 7.20. The Balaban J connectivity index is 1.65. The van der Waals surface area contributed by atoms with Crippen molar-refractivity contribution in [1.29, 1.82) is 0 Å². The van der Waals surface area contributed by atoms with Crippen LogP contribution < -0.4 is 4.74 Å². The molecule has 0 saturated heterocycles. The molecule has 0 aliphatic carbocycles. The molecule has 0 unspecified atom stereocenters. The summed E-state index contributed by atoms with van der Waals surface area (Å²) in [6.07, 6.45) is 2.03. The van der Waals surface area contributed by atoms with E-state index >= 15 is 4.39 Å². The lowest BCUT2D eigenvalue weighted by molar-refractivity contribution is -0.127. The van der Waals surface area contributed by atoms with Crippen molar-refractivity contribution in [2.75, 3.05) is 13.2 Å². The summed E-state index contributed by atoms with van der Waals surface area (Å²) in [7, 11) is 0. The number of thiophene rings is 1. The average molecular weight is 603 g/mol. The summed E-state index contributed by atoms with van der Waals surface area (Å²) in [6.45, 7) is 9.51. The molecule has 0 spiro atoms. The number of carbonyl (C=O) groups excluding carboxylic acids is 1. The highest BCUT2D eigenvalue weighted by molar-refractivity contribution is 7.18. The summed E-state index contributed by atoms with van der Waals surface area (Å²) in [5.41, 5.74) is 3.98. The smallest absolute Gasteiger partial charge is 0.246 e. The maximum Gasteiger partial charge on any atom is 0.246 e. The molecule has 12 heteroatoms. The van der Waals surface area contributed by atoms with Gasteiger partial charge >= 0.3 is 0 Å².